The van der Waals surface area contributed by atoms with Crippen LogP contribution in [0.5, 0.6) is 5.75 Å². The quantitative estimate of drug-likeness (QED) is 0.589. The molecule has 0 atom stereocenters. The summed E-state index contributed by atoms with van der Waals surface area (Å²) in [6, 6.07) is 6.78. The molecule has 0 radical (unpaired) electrons. The number of carbonyl (C=O) groups excluding carboxylic acids is 1. The van der Waals surface area contributed by atoms with E-state index in [-0.39, 0.29) is 13.2 Å². The number of alkyl halides is 1. The number of anilines is 1. The topological polar surface area (TPSA) is 61.5 Å². The summed E-state index contributed by atoms with van der Waals surface area (Å²) in [7, 11) is 0. The smallest absolute Gasteiger partial charge is 0.344 e. The lowest BCUT2D eigenvalue weighted by atomic mass is 10.3. The van der Waals surface area contributed by atoms with Crippen LogP contribution in [-0.4, -0.2) is 25.9 Å². The number of hydrogen-bond donors (Lipinski definition) is 1. The Hall–Kier alpha value is -1.78. The largest absolute Gasteiger partial charge is 0.480 e. The summed E-state index contributed by atoms with van der Waals surface area (Å²) in [5, 5.41) is 0. The number of benzene rings is 1. The molecule has 0 aliphatic heterocycles. The number of hydrogen-bond acceptors (Lipinski definition) is 4. The second kappa shape index (κ2) is 5.85. The highest BCUT2D eigenvalue weighted by atomic mass is 19.1. The van der Waals surface area contributed by atoms with Gasteiger partial charge in [0, 0.05) is 0 Å². The molecule has 0 aromatic heterocycles. The third-order valence-corrected chi connectivity index (χ3v) is 1.60. The maximum Gasteiger partial charge on any atom is 0.344 e. The maximum absolute atomic E-state index is 11.6. The molecular weight excluding hydrogens is 201 g/mol. The summed E-state index contributed by atoms with van der Waals surface area (Å²) in [5.74, 6) is -0.203. The lowest BCUT2D eigenvalue weighted by Crippen LogP contribution is -2.16. The van der Waals surface area contributed by atoms with Crippen LogP contribution in [0, 0.1) is 0 Å². The van der Waals surface area contributed by atoms with Crippen LogP contribution >= 0.6 is 0 Å². The van der Waals surface area contributed by atoms with Crippen molar-refractivity contribution in [1.29, 1.82) is 0 Å². The molecule has 82 valence electrons. The van der Waals surface area contributed by atoms with Crippen LogP contribution in [0.1, 0.15) is 0 Å². The molecule has 1 rings (SSSR count). The minimum atomic E-state index is -0.695. The fraction of sp³-hybridized carbons (Fsp3) is 0.300. The lowest BCUT2D eigenvalue weighted by molar-refractivity contribution is -0.146. The fourth-order valence-electron chi connectivity index (χ4n) is 0.943. The molecule has 0 amide bonds. The van der Waals surface area contributed by atoms with Gasteiger partial charge in [0.05, 0.1) is 5.69 Å². The van der Waals surface area contributed by atoms with Crippen molar-refractivity contribution >= 4 is 11.7 Å². The molecule has 0 aliphatic carbocycles. The van der Waals surface area contributed by atoms with E-state index < -0.39 is 12.6 Å². The molecule has 0 saturated heterocycles. The Labute approximate surface area is 86.8 Å². The van der Waals surface area contributed by atoms with Gasteiger partial charge in [-0.1, -0.05) is 12.1 Å². The van der Waals surface area contributed by atoms with Crippen molar-refractivity contribution in [3.8, 4) is 5.75 Å². The van der Waals surface area contributed by atoms with Crippen LogP contribution in [0.2, 0.25) is 0 Å². The van der Waals surface area contributed by atoms with E-state index >= 15 is 0 Å². The van der Waals surface area contributed by atoms with E-state index in [1.54, 1.807) is 24.3 Å². The number of carbonyl (C=O) groups is 1. The molecule has 0 unspecified atom stereocenters. The number of nitrogen functional groups attached to an aromatic ring is 1. The van der Waals surface area contributed by atoms with Gasteiger partial charge < -0.3 is 15.2 Å². The van der Waals surface area contributed by atoms with Gasteiger partial charge in [0.1, 0.15) is 19.0 Å². The van der Waals surface area contributed by atoms with Gasteiger partial charge in [-0.15, -0.1) is 0 Å². The molecule has 0 spiro atoms. The minimum absolute atomic E-state index is 0.244. The van der Waals surface area contributed by atoms with Crippen LogP contribution < -0.4 is 10.5 Å². The van der Waals surface area contributed by atoms with Gasteiger partial charge in [0.25, 0.3) is 0 Å². The fourth-order valence-corrected chi connectivity index (χ4v) is 0.943. The average molecular weight is 213 g/mol. The molecule has 0 bridgehead atoms. The van der Waals surface area contributed by atoms with Crippen LogP contribution in [0.25, 0.3) is 0 Å². The van der Waals surface area contributed by atoms with Gasteiger partial charge in [-0.25, -0.2) is 9.18 Å². The van der Waals surface area contributed by atoms with Gasteiger partial charge in [-0.2, -0.15) is 0 Å². The SMILES string of the molecule is Nc1ccccc1OCC(=O)OCCF. The Morgan fingerprint density at radius 3 is 2.80 bits per heavy atom. The molecule has 1 aromatic carbocycles. The van der Waals surface area contributed by atoms with Crippen molar-refractivity contribution in [2.45, 2.75) is 0 Å². The molecule has 0 saturated carbocycles. The predicted octanol–water partition coefficient (Wildman–Crippen LogP) is 1.16. The molecule has 0 aliphatic rings. The van der Waals surface area contributed by atoms with Gasteiger partial charge >= 0.3 is 5.97 Å². The number of ether oxygens (including phenoxy) is 2. The first-order valence-corrected chi connectivity index (χ1v) is 4.43. The Morgan fingerprint density at radius 2 is 2.13 bits per heavy atom. The minimum Gasteiger partial charge on any atom is -0.480 e. The third-order valence-electron chi connectivity index (χ3n) is 1.60. The molecule has 0 heterocycles. The summed E-state index contributed by atoms with van der Waals surface area (Å²) in [4.78, 5) is 10.9. The van der Waals surface area contributed by atoms with Gasteiger partial charge in [0.2, 0.25) is 0 Å². The molecule has 5 heteroatoms. The Kier molecular flexibility index (Phi) is 4.40. The Bertz CT molecular complexity index is 330. The second-order valence-corrected chi connectivity index (χ2v) is 2.74. The van der Waals surface area contributed by atoms with E-state index in [0.717, 1.165) is 0 Å². The molecule has 1 aromatic rings. The van der Waals surface area contributed by atoms with E-state index in [2.05, 4.69) is 4.74 Å². The van der Waals surface area contributed by atoms with E-state index in [1.807, 2.05) is 0 Å². The standard InChI is InChI=1S/C10H12FNO3/c11-5-6-14-10(13)7-15-9-4-2-1-3-8(9)12/h1-4H,5-7,12H2. The van der Waals surface area contributed by atoms with Gasteiger partial charge in [-0.05, 0) is 12.1 Å². The molecule has 15 heavy (non-hydrogen) atoms. The maximum atomic E-state index is 11.6. The molecule has 4 nitrogen and oxygen atoms in total. The number of nitrogens with two attached hydrogens (primary N) is 1. The first-order chi connectivity index (χ1) is 7.24. The first kappa shape index (κ1) is 11.3. The highest BCUT2D eigenvalue weighted by molar-refractivity contribution is 5.71. The van der Waals surface area contributed by atoms with Crippen LogP contribution in [0.4, 0.5) is 10.1 Å². The zero-order chi connectivity index (χ0) is 11.1. The van der Waals surface area contributed by atoms with Crippen molar-refractivity contribution < 1.29 is 18.7 Å². The average Bonchev–Trinajstić information content (AvgIpc) is 2.25. The molecular formula is C10H12FNO3. The second-order valence-electron chi connectivity index (χ2n) is 2.74. The summed E-state index contributed by atoms with van der Waals surface area (Å²) >= 11 is 0. The lowest BCUT2D eigenvalue weighted by Gasteiger charge is -2.07. The van der Waals surface area contributed by atoms with Gasteiger partial charge in [0.15, 0.2) is 6.61 Å². The highest BCUT2D eigenvalue weighted by Crippen LogP contribution is 2.19. The normalized spacial score (nSPS) is 9.67. The summed E-state index contributed by atoms with van der Waals surface area (Å²) in [6.07, 6.45) is 0. The third kappa shape index (κ3) is 3.84. The molecule has 2 N–H and O–H groups in total. The zero-order valence-corrected chi connectivity index (χ0v) is 8.11. The summed E-state index contributed by atoms with van der Waals surface area (Å²) in [6.45, 7) is -1.21. The predicted molar refractivity (Wildman–Crippen MR) is 53.3 cm³/mol. The van der Waals surface area contributed by atoms with Crippen molar-refractivity contribution in [2.75, 3.05) is 25.6 Å². The van der Waals surface area contributed by atoms with Crippen molar-refractivity contribution in [3.05, 3.63) is 24.3 Å². The van der Waals surface area contributed by atoms with Gasteiger partial charge in [-0.3, -0.25) is 0 Å². The van der Waals surface area contributed by atoms with Crippen molar-refractivity contribution in [2.24, 2.45) is 0 Å². The van der Waals surface area contributed by atoms with Crippen molar-refractivity contribution in [1.82, 2.24) is 0 Å². The summed E-state index contributed by atoms with van der Waals surface area (Å²) in [5.41, 5.74) is 6.01. The van der Waals surface area contributed by atoms with E-state index in [9.17, 15) is 9.18 Å². The zero-order valence-electron chi connectivity index (χ0n) is 8.11. The van der Waals surface area contributed by atoms with Crippen LogP contribution in [0.3, 0.4) is 0 Å². The van der Waals surface area contributed by atoms with E-state index in [1.165, 1.54) is 0 Å². The number of para-hydroxylation sites is 2. The van der Waals surface area contributed by atoms with E-state index in [4.69, 9.17) is 10.5 Å². The number of halogens is 1. The number of rotatable bonds is 5. The highest BCUT2D eigenvalue weighted by Gasteiger charge is 2.05. The first-order valence-electron chi connectivity index (χ1n) is 4.43. The monoisotopic (exact) mass is 213 g/mol. The van der Waals surface area contributed by atoms with Crippen LogP contribution in [0.15, 0.2) is 24.3 Å². The Morgan fingerprint density at radius 1 is 1.40 bits per heavy atom. The number of esters is 1. The Balaban J connectivity index is 2.37. The van der Waals surface area contributed by atoms with Crippen molar-refractivity contribution in [3.63, 3.8) is 0 Å². The molecule has 0 fully saturated rings. The summed E-state index contributed by atoms with van der Waals surface area (Å²) < 4.78 is 21.2. The van der Waals surface area contributed by atoms with Crippen LogP contribution in [-0.2, 0) is 9.53 Å². The van der Waals surface area contributed by atoms with E-state index in [0.29, 0.717) is 11.4 Å².